The fourth-order valence-corrected chi connectivity index (χ4v) is 2.72. The smallest absolute Gasteiger partial charge is 0.131 e. The first-order chi connectivity index (χ1) is 9.58. The van der Waals surface area contributed by atoms with Crippen molar-refractivity contribution in [2.75, 3.05) is 5.73 Å². The number of thiazole rings is 1. The molecule has 4 nitrogen and oxygen atoms in total. The van der Waals surface area contributed by atoms with Gasteiger partial charge in [0, 0.05) is 18.0 Å². The summed E-state index contributed by atoms with van der Waals surface area (Å²) in [6.07, 6.45) is 0. The van der Waals surface area contributed by atoms with Crippen molar-refractivity contribution in [3.05, 3.63) is 40.5 Å². The summed E-state index contributed by atoms with van der Waals surface area (Å²) in [6.45, 7) is 1.92. The molecule has 0 aliphatic rings. The highest BCUT2D eigenvalue weighted by atomic mass is 32.1. The van der Waals surface area contributed by atoms with Gasteiger partial charge in [-0.1, -0.05) is 18.2 Å². The normalized spacial score (nSPS) is 10.9. The van der Waals surface area contributed by atoms with Crippen LogP contribution in [0.1, 0.15) is 5.01 Å². The van der Waals surface area contributed by atoms with E-state index < -0.39 is 0 Å². The average molecular weight is 288 g/mol. The number of nitrogens with zero attached hydrogens (tertiary/aromatic N) is 3. The van der Waals surface area contributed by atoms with E-state index in [9.17, 15) is 4.39 Å². The van der Waals surface area contributed by atoms with Crippen LogP contribution in [-0.4, -0.2) is 14.8 Å². The Morgan fingerprint density at radius 2 is 2.05 bits per heavy atom. The number of hydrogen-bond acceptors (Lipinski definition) is 4. The molecule has 0 saturated heterocycles. The second kappa shape index (κ2) is 4.72. The number of aryl methyl sites for hydroxylation is 2. The van der Waals surface area contributed by atoms with E-state index in [4.69, 9.17) is 5.73 Å². The number of hydrogen-bond donors (Lipinski definition) is 1. The predicted octanol–water partition coefficient (Wildman–Crippen LogP) is 3.24. The number of benzene rings is 1. The Morgan fingerprint density at radius 1 is 1.30 bits per heavy atom. The molecule has 0 aliphatic heterocycles. The van der Waals surface area contributed by atoms with Crippen LogP contribution in [0.25, 0.3) is 22.5 Å². The van der Waals surface area contributed by atoms with Crippen molar-refractivity contribution in [2.45, 2.75) is 6.92 Å². The van der Waals surface area contributed by atoms with Crippen LogP contribution in [-0.2, 0) is 7.05 Å². The van der Waals surface area contributed by atoms with E-state index in [1.807, 2.05) is 12.3 Å². The Bertz CT molecular complexity index is 775. The predicted molar refractivity (Wildman–Crippen MR) is 78.9 cm³/mol. The van der Waals surface area contributed by atoms with Gasteiger partial charge in [-0.05, 0) is 13.0 Å². The molecule has 3 rings (SSSR count). The molecule has 0 unspecified atom stereocenters. The molecular formula is C14H13FN4S. The average Bonchev–Trinajstić information content (AvgIpc) is 2.96. The van der Waals surface area contributed by atoms with Crippen molar-refractivity contribution in [3.8, 4) is 22.5 Å². The summed E-state index contributed by atoms with van der Waals surface area (Å²) in [5, 5.41) is 7.22. The van der Waals surface area contributed by atoms with Gasteiger partial charge in [-0.15, -0.1) is 11.3 Å². The van der Waals surface area contributed by atoms with Gasteiger partial charge in [0.25, 0.3) is 0 Å². The maximum Gasteiger partial charge on any atom is 0.131 e. The highest BCUT2D eigenvalue weighted by molar-refractivity contribution is 7.09. The van der Waals surface area contributed by atoms with Crippen LogP contribution in [0.3, 0.4) is 0 Å². The zero-order valence-electron chi connectivity index (χ0n) is 11.1. The molecule has 20 heavy (non-hydrogen) atoms. The van der Waals surface area contributed by atoms with Crippen LogP contribution < -0.4 is 5.73 Å². The van der Waals surface area contributed by atoms with E-state index in [0.717, 1.165) is 10.7 Å². The van der Waals surface area contributed by atoms with Crippen LogP contribution in [0.5, 0.6) is 0 Å². The van der Waals surface area contributed by atoms with Crippen LogP contribution in [0.15, 0.2) is 29.6 Å². The number of rotatable bonds is 2. The van der Waals surface area contributed by atoms with E-state index in [0.29, 0.717) is 22.6 Å². The highest BCUT2D eigenvalue weighted by Crippen LogP contribution is 2.37. The van der Waals surface area contributed by atoms with Crippen molar-refractivity contribution in [1.82, 2.24) is 14.8 Å². The van der Waals surface area contributed by atoms with Crippen LogP contribution >= 0.6 is 11.3 Å². The lowest BCUT2D eigenvalue weighted by Gasteiger charge is -2.04. The summed E-state index contributed by atoms with van der Waals surface area (Å²) in [6, 6.07) is 6.54. The number of halogens is 1. The first-order valence-corrected chi connectivity index (χ1v) is 6.95. The van der Waals surface area contributed by atoms with Crippen LogP contribution in [0.2, 0.25) is 0 Å². The second-order valence-corrected chi connectivity index (χ2v) is 5.53. The topological polar surface area (TPSA) is 56.7 Å². The van der Waals surface area contributed by atoms with E-state index in [-0.39, 0.29) is 5.82 Å². The Morgan fingerprint density at radius 3 is 2.70 bits per heavy atom. The third kappa shape index (κ3) is 1.98. The summed E-state index contributed by atoms with van der Waals surface area (Å²) in [4.78, 5) is 4.42. The third-order valence-electron chi connectivity index (χ3n) is 3.10. The lowest BCUT2D eigenvalue weighted by atomic mass is 10.0. The molecular weight excluding hydrogens is 275 g/mol. The number of nitrogen functional groups attached to an aromatic ring is 1. The SMILES string of the molecule is Cc1nc(-c2nn(C)c(N)c2-c2ccccc2F)cs1. The van der Waals surface area contributed by atoms with Crippen LogP contribution in [0, 0.1) is 12.7 Å². The molecule has 6 heteroatoms. The van der Waals surface area contributed by atoms with E-state index in [1.165, 1.54) is 17.4 Å². The van der Waals surface area contributed by atoms with E-state index in [1.54, 1.807) is 29.9 Å². The molecule has 0 bridgehead atoms. The third-order valence-corrected chi connectivity index (χ3v) is 3.87. The first-order valence-electron chi connectivity index (χ1n) is 6.08. The van der Waals surface area contributed by atoms with Gasteiger partial charge in [0.05, 0.1) is 10.6 Å². The Hall–Kier alpha value is -2.21. The second-order valence-electron chi connectivity index (χ2n) is 4.46. The van der Waals surface area contributed by atoms with Gasteiger partial charge in [-0.3, -0.25) is 4.68 Å². The van der Waals surface area contributed by atoms with Crippen molar-refractivity contribution < 1.29 is 4.39 Å². The number of nitrogens with two attached hydrogens (primary N) is 1. The molecule has 0 amide bonds. The molecule has 2 aromatic heterocycles. The summed E-state index contributed by atoms with van der Waals surface area (Å²) in [7, 11) is 1.74. The van der Waals surface area contributed by atoms with Gasteiger partial charge >= 0.3 is 0 Å². The van der Waals surface area contributed by atoms with Gasteiger partial charge in [-0.25, -0.2) is 9.37 Å². The Kier molecular flexibility index (Phi) is 3.02. The molecule has 0 atom stereocenters. The lowest BCUT2D eigenvalue weighted by molar-refractivity contribution is 0.631. The minimum atomic E-state index is -0.319. The molecule has 0 radical (unpaired) electrons. The zero-order valence-corrected chi connectivity index (χ0v) is 11.9. The van der Waals surface area contributed by atoms with E-state index in [2.05, 4.69) is 10.1 Å². The Balaban J connectivity index is 2.28. The van der Waals surface area contributed by atoms with Gasteiger partial charge in [0.1, 0.15) is 23.0 Å². The number of anilines is 1. The van der Waals surface area contributed by atoms with Crippen molar-refractivity contribution in [2.24, 2.45) is 7.05 Å². The minimum Gasteiger partial charge on any atom is -0.383 e. The molecule has 2 N–H and O–H groups in total. The zero-order chi connectivity index (χ0) is 14.3. The highest BCUT2D eigenvalue weighted by Gasteiger charge is 2.21. The molecule has 102 valence electrons. The van der Waals surface area contributed by atoms with Gasteiger partial charge in [0.2, 0.25) is 0 Å². The van der Waals surface area contributed by atoms with E-state index >= 15 is 0 Å². The quantitative estimate of drug-likeness (QED) is 0.787. The summed E-state index contributed by atoms with van der Waals surface area (Å²) in [5.41, 5.74) is 8.43. The first kappa shape index (κ1) is 12.8. The van der Waals surface area contributed by atoms with Crippen molar-refractivity contribution >= 4 is 17.2 Å². The van der Waals surface area contributed by atoms with Crippen molar-refractivity contribution in [3.63, 3.8) is 0 Å². The monoisotopic (exact) mass is 288 g/mol. The Labute approximate surface area is 119 Å². The standard InChI is InChI=1S/C14H13FN4S/c1-8-17-11(7-20-8)13-12(14(16)19(2)18-13)9-5-3-4-6-10(9)15/h3-7H,16H2,1-2H3. The summed E-state index contributed by atoms with van der Waals surface area (Å²) >= 11 is 1.53. The molecule has 0 fully saturated rings. The molecule has 1 aromatic carbocycles. The van der Waals surface area contributed by atoms with Gasteiger partial charge < -0.3 is 5.73 Å². The van der Waals surface area contributed by atoms with Gasteiger partial charge in [0.15, 0.2) is 0 Å². The van der Waals surface area contributed by atoms with Gasteiger partial charge in [-0.2, -0.15) is 5.10 Å². The summed E-state index contributed by atoms with van der Waals surface area (Å²) < 4.78 is 15.6. The largest absolute Gasteiger partial charge is 0.383 e. The maximum absolute atomic E-state index is 14.1. The lowest BCUT2D eigenvalue weighted by Crippen LogP contribution is -1.98. The fourth-order valence-electron chi connectivity index (χ4n) is 2.12. The molecule has 0 spiro atoms. The minimum absolute atomic E-state index is 0.319. The summed E-state index contributed by atoms with van der Waals surface area (Å²) in [5.74, 6) is 0.108. The number of aromatic nitrogens is 3. The van der Waals surface area contributed by atoms with Crippen LogP contribution in [0.4, 0.5) is 10.2 Å². The molecule has 2 heterocycles. The maximum atomic E-state index is 14.1. The molecule has 0 saturated carbocycles. The molecule has 3 aromatic rings. The molecule has 0 aliphatic carbocycles. The van der Waals surface area contributed by atoms with Crippen molar-refractivity contribution in [1.29, 1.82) is 0 Å². The fraction of sp³-hybridized carbons (Fsp3) is 0.143.